The molecule has 1 fully saturated rings. The van der Waals surface area contributed by atoms with Crippen molar-refractivity contribution in [1.29, 1.82) is 0 Å². The van der Waals surface area contributed by atoms with Crippen LogP contribution in [-0.2, 0) is 0 Å². The Balaban J connectivity index is 2.43. The van der Waals surface area contributed by atoms with E-state index in [2.05, 4.69) is 4.90 Å². The highest BCUT2D eigenvalue weighted by atomic mass is 35.5. The summed E-state index contributed by atoms with van der Waals surface area (Å²) in [6.45, 7) is 0. The molecule has 1 aromatic carbocycles. The highest BCUT2D eigenvalue weighted by Crippen LogP contribution is 2.37. The summed E-state index contributed by atoms with van der Waals surface area (Å²) in [6.07, 6.45) is 6.35. The van der Waals surface area contributed by atoms with Crippen molar-refractivity contribution in [2.24, 2.45) is 0 Å². The third-order valence-corrected chi connectivity index (χ3v) is 5.22. The van der Waals surface area contributed by atoms with Crippen LogP contribution in [0.2, 0.25) is 10.0 Å². The normalized spacial score (nSPS) is 18.9. The number of hydrogen-bond acceptors (Lipinski definition) is 2. The van der Waals surface area contributed by atoms with Crippen LogP contribution in [-0.4, -0.2) is 30.3 Å². The Kier molecular flexibility index (Phi) is 5.11. The standard InChI is InChI=1S/C16H21Cl2NO/c1-19(2)16(10-5-3-4-6-11-16)15(20)12-8-7-9-13(17)14(12)18/h7-9H,3-6,10-11H2,1-2H3. The van der Waals surface area contributed by atoms with Gasteiger partial charge in [-0.2, -0.15) is 0 Å². The quantitative estimate of drug-likeness (QED) is 0.588. The van der Waals surface area contributed by atoms with Crippen molar-refractivity contribution in [3.05, 3.63) is 33.8 Å². The molecule has 0 radical (unpaired) electrons. The van der Waals surface area contributed by atoms with Gasteiger partial charge in [0.15, 0.2) is 5.78 Å². The van der Waals surface area contributed by atoms with E-state index >= 15 is 0 Å². The Morgan fingerprint density at radius 1 is 1.10 bits per heavy atom. The van der Waals surface area contributed by atoms with Crippen molar-refractivity contribution < 1.29 is 4.79 Å². The van der Waals surface area contributed by atoms with Gasteiger partial charge in [0.05, 0.1) is 15.6 Å². The zero-order valence-electron chi connectivity index (χ0n) is 12.1. The highest BCUT2D eigenvalue weighted by Gasteiger charge is 2.41. The number of nitrogens with zero attached hydrogens (tertiary/aromatic N) is 1. The van der Waals surface area contributed by atoms with E-state index in [0.717, 1.165) is 25.7 Å². The zero-order chi connectivity index (χ0) is 14.8. The lowest BCUT2D eigenvalue weighted by atomic mass is 9.81. The molecule has 0 bridgehead atoms. The summed E-state index contributed by atoms with van der Waals surface area (Å²) in [4.78, 5) is 15.2. The van der Waals surface area contributed by atoms with Crippen LogP contribution in [0.25, 0.3) is 0 Å². The number of rotatable bonds is 3. The van der Waals surface area contributed by atoms with E-state index in [9.17, 15) is 4.79 Å². The minimum atomic E-state index is -0.440. The predicted octanol–water partition coefficient (Wildman–Crippen LogP) is 4.83. The van der Waals surface area contributed by atoms with Crippen LogP contribution in [0.4, 0.5) is 0 Å². The van der Waals surface area contributed by atoms with Crippen molar-refractivity contribution >= 4 is 29.0 Å². The molecule has 4 heteroatoms. The Hall–Kier alpha value is -0.570. The molecule has 0 heterocycles. The molecule has 1 saturated carbocycles. The minimum Gasteiger partial charge on any atom is -0.297 e. The molecule has 0 atom stereocenters. The first-order valence-corrected chi connectivity index (χ1v) is 7.91. The molecule has 110 valence electrons. The molecule has 0 saturated heterocycles. The summed E-state index contributed by atoms with van der Waals surface area (Å²) in [6, 6.07) is 5.30. The van der Waals surface area contributed by atoms with Gasteiger partial charge in [-0.15, -0.1) is 0 Å². The molecule has 0 aromatic heterocycles. The molecule has 0 N–H and O–H groups in total. The van der Waals surface area contributed by atoms with Gasteiger partial charge in [-0.1, -0.05) is 55.0 Å². The number of ketones is 1. The lowest BCUT2D eigenvalue weighted by Crippen LogP contribution is -2.51. The summed E-state index contributed by atoms with van der Waals surface area (Å²) in [5.41, 5.74) is 0.111. The SMILES string of the molecule is CN(C)C1(C(=O)c2cccc(Cl)c2Cl)CCCCCC1. The third kappa shape index (κ3) is 2.88. The molecular weight excluding hydrogens is 293 g/mol. The van der Waals surface area contributed by atoms with Crippen LogP contribution < -0.4 is 0 Å². The number of carbonyl (C=O) groups excluding carboxylic acids is 1. The largest absolute Gasteiger partial charge is 0.297 e. The van der Waals surface area contributed by atoms with Crippen LogP contribution in [0.15, 0.2) is 18.2 Å². The van der Waals surface area contributed by atoms with Crippen LogP contribution in [0.3, 0.4) is 0 Å². The van der Waals surface area contributed by atoms with E-state index in [1.165, 1.54) is 12.8 Å². The molecule has 1 aliphatic rings. The van der Waals surface area contributed by atoms with Crippen LogP contribution in [0, 0.1) is 0 Å². The second-order valence-electron chi connectivity index (χ2n) is 5.77. The number of likely N-dealkylation sites (N-methyl/N-ethyl adjacent to an activating group) is 1. The average molecular weight is 314 g/mol. The van der Waals surface area contributed by atoms with Crippen LogP contribution in [0.5, 0.6) is 0 Å². The monoisotopic (exact) mass is 313 g/mol. The summed E-state index contributed by atoms with van der Waals surface area (Å²) < 4.78 is 0. The first-order valence-electron chi connectivity index (χ1n) is 7.15. The second-order valence-corrected chi connectivity index (χ2v) is 6.56. The molecule has 0 unspecified atom stereocenters. The number of halogens is 2. The van der Waals surface area contributed by atoms with Gasteiger partial charge >= 0.3 is 0 Å². The fourth-order valence-electron chi connectivity index (χ4n) is 3.12. The summed E-state index contributed by atoms with van der Waals surface area (Å²) in [5.74, 6) is 0.108. The maximum atomic E-state index is 13.1. The molecule has 2 rings (SSSR count). The van der Waals surface area contributed by atoms with Crippen molar-refractivity contribution in [3.8, 4) is 0 Å². The number of carbonyl (C=O) groups is 1. The first kappa shape index (κ1) is 15.8. The topological polar surface area (TPSA) is 20.3 Å². The lowest BCUT2D eigenvalue weighted by molar-refractivity contribution is 0.0635. The Morgan fingerprint density at radius 2 is 1.70 bits per heavy atom. The van der Waals surface area contributed by atoms with E-state index in [0.29, 0.717) is 15.6 Å². The molecule has 2 nitrogen and oxygen atoms in total. The fraction of sp³-hybridized carbons (Fsp3) is 0.562. The highest BCUT2D eigenvalue weighted by molar-refractivity contribution is 6.44. The Morgan fingerprint density at radius 3 is 2.25 bits per heavy atom. The van der Waals surface area contributed by atoms with E-state index in [1.807, 2.05) is 14.1 Å². The molecular formula is C16H21Cl2NO. The fourth-order valence-corrected chi connectivity index (χ4v) is 3.51. The van der Waals surface area contributed by atoms with E-state index in [1.54, 1.807) is 18.2 Å². The molecule has 0 amide bonds. The molecule has 1 aliphatic carbocycles. The average Bonchev–Trinajstić information content (AvgIpc) is 2.68. The Bertz CT molecular complexity index is 491. The van der Waals surface area contributed by atoms with Crippen molar-refractivity contribution in [2.45, 2.75) is 44.1 Å². The van der Waals surface area contributed by atoms with Gasteiger partial charge in [0, 0.05) is 5.56 Å². The molecule has 0 spiro atoms. The number of benzene rings is 1. The second kappa shape index (κ2) is 6.46. The van der Waals surface area contributed by atoms with Crippen molar-refractivity contribution in [3.63, 3.8) is 0 Å². The van der Waals surface area contributed by atoms with Crippen LogP contribution in [0.1, 0.15) is 48.9 Å². The third-order valence-electron chi connectivity index (χ3n) is 4.41. The maximum absolute atomic E-state index is 13.1. The van der Waals surface area contributed by atoms with Gasteiger partial charge in [-0.25, -0.2) is 0 Å². The summed E-state index contributed by atoms with van der Waals surface area (Å²) in [5, 5.41) is 0.824. The number of hydrogen-bond donors (Lipinski definition) is 0. The summed E-state index contributed by atoms with van der Waals surface area (Å²) in [7, 11) is 3.98. The summed E-state index contributed by atoms with van der Waals surface area (Å²) >= 11 is 12.3. The van der Waals surface area contributed by atoms with Gasteiger partial charge in [-0.05, 0) is 39.1 Å². The smallest absolute Gasteiger partial charge is 0.184 e. The predicted molar refractivity (Wildman–Crippen MR) is 84.9 cm³/mol. The number of Topliss-reactive ketones (excluding diaryl/α,β-unsaturated/α-hetero) is 1. The molecule has 0 aliphatic heterocycles. The van der Waals surface area contributed by atoms with Crippen molar-refractivity contribution in [1.82, 2.24) is 4.90 Å². The minimum absolute atomic E-state index is 0.108. The van der Waals surface area contributed by atoms with Gasteiger partial charge in [0.1, 0.15) is 0 Å². The first-order chi connectivity index (χ1) is 9.49. The van der Waals surface area contributed by atoms with Gasteiger partial charge in [0.25, 0.3) is 0 Å². The van der Waals surface area contributed by atoms with E-state index in [4.69, 9.17) is 23.2 Å². The zero-order valence-corrected chi connectivity index (χ0v) is 13.6. The van der Waals surface area contributed by atoms with Gasteiger partial charge < -0.3 is 0 Å². The van der Waals surface area contributed by atoms with Crippen LogP contribution >= 0.6 is 23.2 Å². The van der Waals surface area contributed by atoms with E-state index < -0.39 is 5.54 Å². The van der Waals surface area contributed by atoms with Crippen molar-refractivity contribution in [2.75, 3.05) is 14.1 Å². The lowest BCUT2D eigenvalue weighted by Gasteiger charge is -2.38. The van der Waals surface area contributed by atoms with E-state index in [-0.39, 0.29) is 5.78 Å². The maximum Gasteiger partial charge on any atom is 0.184 e. The molecule has 1 aromatic rings. The molecule has 20 heavy (non-hydrogen) atoms. The van der Waals surface area contributed by atoms with Gasteiger partial charge in [-0.3, -0.25) is 9.69 Å². The Labute approximate surface area is 131 Å². The van der Waals surface area contributed by atoms with Gasteiger partial charge in [0.2, 0.25) is 0 Å².